The summed E-state index contributed by atoms with van der Waals surface area (Å²) in [4.78, 5) is 26.6. The second-order valence-corrected chi connectivity index (χ2v) is 7.13. The van der Waals surface area contributed by atoms with Crippen molar-refractivity contribution in [3.05, 3.63) is 90.2 Å². The highest BCUT2D eigenvalue weighted by Gasteiger charge is 2.17. The van der Waals surface area contributed by atoms with E-state index in [9.17, 15) is 14.0 Å². The van der Waals surface area contributed by atoms with E-state index in [1.54, 1.807) is 19.2 Å². The molecule has 7 heteroatoms. The highest BCUT2D eigenvalue weighted by molar-refractivity contribution is 6.01. The number of nitrogens with zero attached hydrogens (tertiary/aromatic N) is 1. The largest absolute Gasteiger partial charge is 0.497 e. The smallest absolute Gasteiger partial charge is 0.326 e. The molecule has 3 rings (SSSR count). The summed E-state index contributed by atoms with van der Waals surface area (Å²) in [5, 5.41) is 5.49. The Hall–Kier alpha value is -3.87. The standard InChI is InChI=1S/C25H26FN3O3/c1-32-21-14-12-19(13-15-21)18-24(30)27-16-7-17-29(20-8-3-2-4-9-20)25(31)28-23-11-6-5-10-22(23)26/h2-6,8-15H,7,16-18H2,1H3,(H,27,30)(H,28,31). The van der Waals surface area contributed by atoms with Crippen LogP contribution in [0.3, 0.4) is 0 Å². The van der Waals surface area contributed by atoms with E-state index in [4.69, 9.17) is 4.74 Å². The minimum Gasteiger partial charge on any atom is -0.497 e. The number of nitrogens with one attached hydrogen (secondary N) is 2. The number of para-hydroxylation sites is 2. The zero-order valence-electron chi connectivity index (χ0n) is 17.9. The number of anilines is 2. The molecule has 2 N–H and O–H groups in total. The maximum Gasteiger partial charge on any atom is 0.326 e. The van der Waals surface area contributed by atoms with Gasteiger partial charge >= 0.3 is 6.03 Å². The summed E-state index contributed by atoms with van der Waals surface area (Å²) in [6.45, 7) is 0.762. The molecule has 166 valence electrons. The second-order valence-electron chi connectivity index (χ2n) is 7.13. The summed E-state index contributed by atoms with van der Waals surface area (Å²) in [6.07, 6.45) is 0.800. The van der Waals surface area contributed by atoms with Crippen LogP contribution in [0.25, 0.3) is 0 Å². The van der Waals surface area contributed by atoms with Crippen LogP contribution in [0.1, 0.15) is 12.0 Å². The van der Waals surface area contributed by atoms with Crippen LogP contribution in [-0.4, -0.2) is 32.1 Å². The molecular formula is C25H26FN3O3. The minimum atomic E-state index is -0.500. The molecule has 6 nitrogen and oxygen atoms in total. The average Bonchev–Trinajstić information content (AvgIpc) is 2.81. The number of hydrogen-bond donors (Lipinski definition) is 2. The first-order valence-corrected chi connectivity index (χ1v) is 10.3. The number of carbonyl (C=O) groups excluding carboxylic acids is 2. The fraction of sp³-hybridized carbons (Fsp3) is 0.200. The Morgan fingerprint density at radius 1 is 0.938 bits per heavy atom. The third-order valence-corrected chi connectivity index (χ3v) is 4.83. The van der Waals surface area contributed by atoms with Crippen molar-refractivity contribution in [3.8, 4) is 5.75 Å². The monoisotopic (exact) mass is 435 g/mol. The molecule has 0 aliphatic carbocycles. The molecule has 0 aromatic heterocycles. The third-order valence-electron chi connectivity index (χ3n) is 4.83. The Bertz CT molecular complexity index is 1030. The zero-order valence-corrected chi connectivity index (χ0v) is 17.9. The lowest BCUT2D eigenvalue weighted by Crippen LogP contribution is -2.37. The lowest BCUT2D eigenvalue weighted by atomic mass is 10.1. The fourth-order valence-corrected chi connectivity index (χ4v) is 3.16. The lowest BCUT2D eigenvalue weighted by Gasteiger charge is -2.23. The van der Waals surface area contributed by atoms with Crippen molar-refractivity contribution in [2.24, 2.45) is 0 Å². The Balaban J connectivity index is 1.54. The Labute approximate surface area is 187 Å². The van der Waals surface area contributed by atoms with Gasteiger partial charge in [-0.1, -0.05) is 42.5 Å². The van der Waals surface area contributed by atoms with Crippen molar-refractivity contribution in [1.29, 1.82) is 0 Å². The topological polar surface area (TPSA) is 70.7 Å². The number of halogens is 1. The van der Waals surface area contributed by atoms with Crippen molar-refractivity contribution in [2.75, 3.05) is 30.4 Å². The van der Waals surface area contributed by atoms with Crippen molar-refractivity contribution < 1.29 is 18.7 Å². The number of carbonyl (C=O) groups is 2. The Kier molecular flexibility index (Phi) is 8.20. The number of urea groups is 1. The molecule has 0 unspecified atom stereocenters. The average molecular weight is 435 g/mol. The van der Waals surface area contributed by atoms with Gasteiger partial charge in [-0.15, -0.1) is 0 Å². The maximum atomic E-state index is 13.9. The molecule has 0 saturated carbocycles. The summed E-state index contributed by atoms with van der Waals surface area (Å²) in [5.41, 5.74) is 1.69. The van der Waals surface area contributed by atoms with Crippen molar-refractivity contribution in [2.45, 2.75) is 12.8 Å². The van der Waals surface area contributed by atoms with Gasteiger partial charge in [-0.3, -0.25) is 9.69 Å². The number of methoxy groups -OCH3 is 1. The van der Waals surface area contributed by atoms with E-state index in [2.05, 4.69) is 10.6 Å². The lowest BCUT2D eigenvalue weighted by molar-refractivity contribution is -0.120. The number of hydrogen-bond acceptors (Lipinski definition) is 3. The van der Waals surface area contributed by atoms with Gasteiger partial charge in [0, 0.05) is 18.8 Å². The summed E-state index contributed by atoms with van der Waals surface area (Å²) in [6, 6.07) is 22.0. The molecule has 0 saturated heterocycles. The Morgan fingerprint density at radius 3 is 2.31 bits per heavy atom. The number of rotatable bonds is 9. The molecule has 32 heavy (non-hydrogen) atoms. The third kappa shape index (κ3) is 6.57. The molecule has 0 bridgehead atoms. The van der Waals surface area contributed by atoms with E-state index in [1.165, 1.54) is 17.0 Å². The number of benzene rings is 3. The van der Waals surface area contributed by atoms with Crippen LogP contribution in [-0.2, 0) is 11.2 Å². The molecule has 0 fully saturated rings. The fourth-order valence-electron chi connectivity index (χ4n) is 3.16. The molecule has 0 aliphatic heterocycles. The van der Waals surface area contributed by atoms with Crippen molar-refractivity contribution in [1.82, 2.24) is 5.32 Å². The minimum absolute atomic E-state index is 0.0998. The molecule has 0 atom stereocenters. The zero-order chi connectivity index (χ0) is 22.8. The molecule has 0 spiro atoms. The van der Waals surface area contributed by atoms with Gasteiger partial charge in [-0.25, -0.2) is 9.18 Å². The second kappa shape index (κ2) is 11.5. The molecular weight excluding hydrogens is 409 g/mol. The first kappa shape index (κ1) is 22.8. The van der Waals surface area contributed by atoms with Gasteiger partial charge in [0.25, 0.3) is 0 Å². The highest BCUT2D eigenvalue weighted by atomic mass is 19.1. The number of ether oxygens (including phenoxy) is 1. The number of amides is 3. The van der Waals surface area contributed by atoms with Crippen LogP contribution < -0.4 is 20.3 Å². The van der Waals surface area contributed by atoms with Crippen LogP contribution in [0.2, 0.25) is 0 Å². The van der Waals surface area contributed by atoms with Crippen molar-refractivity contribution >= 4 is 23.3 Å². The molecule has 0 heterocycles. The SMILES string of the molecule is COc1ccc(CC(=O)NCCCN(C(=O)Nc2ccccc2F)c2ccccc2)cc1. The molecule has 3 aromatic carbocycles. The van der Waals surface area contributed by atoms with E-state index < -0.39 is 11.8 Å². The predicted octanol–water partition coefficient (Wildman–Crippen LogP) is 4.62. The van der Waals surface area contributed by atoms with E-state index in [-0.39, 0.29) is 18.0 Å². The molecule has 3 amide bonds. The summed E-state index contributed by atoms with van der Waals surface area (Å²) >= 11 is 0. The highest BCUT2D eigenvalue weighted by Crippen LogP contribution is 2.18. The van der Waals surface area contributed by atoms with E-state index in [0.29, 0.717) is 25.2 Å². The van der Waals surface area contributed by atoms with Gasteiger partial charge in [0.15, 0.2) is 0 Å². The summed E-state index contributed by atoms with van der Waals surface area (Å²) in [5.74, 6) is 0.140. The van der Waals surface area contributed by atoms with Crippen LogP contribution >= 0.6 is 0 Å². The van der Waals surface area contributed by atoms with Gasteiger partial charge in [-0.2, -0.15) is 0 Å². The van der Waals surface area contributed by atoms with E-state index in [1.807, 2.05) is 54.6 Å². The van der Waals surface area contributed by atoms with E-state index in [0.717, 1.165) is 11.3 Å². The van der Waals surface area contributed by atoms with Crippen LogP contribution in [0.4, 0.5) is 20.6 Å². The normalized spacial score (nSPS) is 10.3. The van der Waals surface area contributed by atoms with Crippen LogP contribution in [0.5, 0.6) is 5.75 Å². The summed E-state index contributed by atoms with van der Waals surface area (Å²) in [7, 11) is 1.59. The predicted molar refractivity (Wildman–Crippen MR) is 124 cm³/mol. The molecule has 0 aliphatic rings. The maximum absolute atomic E-state index is 13.9. The van der Waals surface area contributed by atoms with Gasteiger partial charge in [0.2, 0.25) is 5.91 Å². The van der Waals surface area contributed by atoms with E-state index >= 15 is 0 Å². The van der Waals surface area contributed by atoms with Gasteiger partial charge in [0.05, 0.1) is 19.2 Å². The quantitative estimate of drug-likeness (QED) is 0.482. The van der Waals surface area contributed by atoms with Gasteiger partial charge in [-0.05, 0) is 48.4 Å². The Morgan fingerprint density at radius 2 is 1.62 bits per heavy atom. The molecule has 0 radical (unpaired) electrons. The van der Waals surface area contributed by atoms with Crippen molar-refractivity contribution in [3.63, 3.8) is 0 Å². The van der Waals surface area contributed by atoms with Gasteiger partial charge < -0.3 is 15.4 Å². The summed E-state index contributed by atoms with van der Waals surface area (Å²) < 4.78 is 19.1. The van der Waals surface area contributed by atoms with Crippen LogP contribution in [0.15, 0.2) is 78.9 Å². The van der Waals surface area contributed by atoms with Crippen LogP contribution in [0, 0.1) is 5.82 Å². The molecule has 3 aromatic rings. The first-order valence-electron chi connectivity index (χ1n) is 10.3. The first-order chi connectivity index (χ1) is 15.6. The van der Waals surface area contributed by atoms with Gasteiger partial charge in [0.1, 0.15) is 11.6 Å².